The Kier molecular flexibility index (Phi) is 3.90. The van der Waals surface area contributed by atoms with Gasteiger partial charge in [-0.15, -0.1) is 0 Å². The largest absolute Gasteiger partial charge is 0.398 e. The number of benzene rings is 1. The Morgan fingerprint density at radius 2 is 1.86 bits per heavy atom. The molecule has 0 spiro atoms. The zero-order chi connectivity index (χ0) is 14.8. The molecule has 2 N–H and O–H groups in total. The van der Waals surface area contributed by atoms with Crippen LogP contribution in [0.4, 0.5) is 5.69 Å². The number of carbonyl (C=O) groups is 2. The first-order valence-electron chi connectivity index (χ1n) is 7.23. The molecule has 6 nitrogen and oxygen atoms in total. The molecule has 0 aliphatic carbocycles. The predicted octanol–water partition coefficient (Wildman–Crippen LogP) is 0.587. The predicted molar refractivity (Wildman–Crippen MR) is 78.1 cm³/mol. The number of nitrogens with two attached hydrogens (primary N) is 1. The number of morpholine rings is 1. The molecule has 2 aliphatic rings. The van der Waals surface area contributed by atoms with Gasteiger partial charge in [-0.05, 0) is 18.6 Å². The van der Waals surface area contributed by atoms with Gasteiger partial charge in [0.25, 0.3) is 11.8 Å². The highest BCUT2D eigenvalue weighted by molar-refractivity contribution is 6.23. The number of nitrogen functional groups attached to an aromatic ring is 1. The maximum absolute atomic E-state index is 12.3. The van der Waals surface area contributed by atoms with E-state index >= 15 is 0 Å². The molecule has 2 amide bonds. The lowest BCUT2D eigenvalue weighted by Gasteiger charge is -2.27. The van der Waals surface area contributed by atoms with Gasteiger partial charge < -0.3 is 10.5 Å². The summed E-state index contributed by atoms with van der Waals surface area (Å²) in [4.78, 5) is 28.2. The van der Waals surface area contributed by atoms with Crippen molar-refractivity contribution < 1.29 is 14.3 Å². The van der Waals surface area contributed by atoms with Crippen molar-refractivity contribution in [1.29, 1.82) is 0 Å². The quantitative estimate of drug-likeness (QED) is 0.648. The number of rotatable bonds is 4. The smallest absolute Gasteiger partial charge is 0.263 e. The number of amides is 2. The van der Waals surface area contributed by atoms with Gasteiger partial charge >= 0.3 is 0 Å². The summed E-state index contributed by atoms with van der Waals surface area (Å²) in [5.41, 5.74) is 6.96. The second-order valence-electron chi connectivity index (χ2n) is 5.34. The summed E-state index contributed by atoms with van der Waals surface area (Å²) in [6, 6.07) is 5.02. The van der Waals surface area contributed by atoms with Gasteiger partial charge in [-0.25, -0.2) is 0 Å². The van der Waals surface area contributed by atoms with Gasteiger partial charge in [0.05, 0.1) is 24.3 Å². The van der Waals surface area contributed by atoms with E-state index in [0.29, 0.717) is 23.4 Å². The fourth-order valence-corrected chi connectivity index (χ4v) is 2.84. The normalized spacial score (nSPS) is 19.1. The van der Waals surface area contributed by atoms with E-state index in [0.717, 1.165) is 39.3 Å². The number of hydrogen-bond donors (Lipinski definition) is 1. The Balaban J connectivity index is 1.61. The molecule has 21 heavy (non-hydrogen) atoms. The second kappa shape index (κ2) is 5.83. The number of fused-ring (bicyclic) bond motifs is 1. The molecule has 0 radical (unpaired) electrons. The molecular formula is C15H19N3O3. The summed E-state index contributed by atoms with van der Waals surface area (Å²) in [6.45, 7) is 4.63. The zero-order valence-electron chi connectivity index (χ0n) is 11.9. The maximum Gasteiger partial charge on any atom is 0.263 e. The van der Waals surface area contributed by atoms with E-state index in [9.17, 15) is 9.59 Å². The summed E-state index contributed by atoms with van der Waals surface area (Å²) >= 11 is 0. The monoisotopic (exact) mass is 289 g/mol. The molecule has 0 atom stereocenters. The van der Waals surface area contributed by atoms with Gasteiger partial charge in [0, 0.05) is 31.9 Å². The summed E-state index contributed by atoms with van der Waals surface area (Å²) < 4.78 is 5.29. The molecule has 2 aliphatic heterocycles. The van der Waals surface area contributed by atoms with Gasteiger partial charge in [-0.3, -0.25) is 19.4 Å². The van der Waals surface area contributed by atoms with Crippen LogP contribution in [0.1, 0.15) is 27.1 Å². The molecule has 1 saturated heterocycles. The maximum atomic E-state index is 12.3. The van der Waals surface area contributed by atoms with Crippen molar-refractivity contribution in [3.8, 4) is 0 Å². The summed E-state index contributed by atoms with van der Waals surface area (Å²) in [5, 5.41) is 0. The van der Waals surface area contributed by atoms with E-state index in [-0.39, 0.29) is 11.8 Å². The summed E-state index contributed by atoms with van der Waals surface area (Å²) in [7, 11) is 0. The van der Waals surface area contributed by atoms with Crippen LogP contribution in [0.2, 0.25) is 0 Å². The lowest BCUT2D eigenvalue weighted by atomic mass is 10.1. The third-order valence-corrected chi connectivity index (χ3v) is 3.99. The number of anilines is 1. The van der Waals surface area contributed by atoms with Crippen LogP contribution in [0.15, 0.2) is 18.2 Å². The standard InChI is InChI=1S/C15H19N3O3/c16-12-4-1-3-11-13(12)15(20)18(14(11)19)6-2-5-17-7-9-21-10-8-17/h1,3-4H,2,5-10,16H2. The Labute approximate surface area is 123 Å². The zero-order valence-corrected chi connectivity index (χ0v) is 11.9. The lowest BCUT2D eigenvalue weighted by molar-refractivity contribution is 0.0355. The Hall–Kier alpha value is -1.92. The molecule has 0 unspecified atom stereocenters. The van der Waals surface area contributed by atoms with Crippen LogP contribution in [0, 0.1) is 0 Å². The highest BCUT2D eigenvalue weighted by Gasteiger charge is 2.36. The fraction of sp³-hybridized carbons (Fsp3) is 0.467. The molecule has 2 heterocycles. The minimum Gasteiger partial charge on any atom is -0.398 e. The van der Waals surface area contributed by atoms with Crippen LogP contribution in [0.3, 0.4) is 0 Å². The first kappa shape index (κ1) is 14.0. The average Bonchev–Trinajstić information content (AvgIpc) is 2.74. The molecule has 0 bridgehead atoms. The van der Waals surface area contributed by atoms with Crippen molar-refractivity contribution >= 4 is 17.5 Å². The van der Waals surface area contributed by atoms with Gasteiger partial charge in [0.1, 0.15) is 0 Å². The number of ether oxygens (including phenoxy) is 1. The van der Waals surface area contributed by atoms with Gasteiger partial charge in [0.2, 0.25) is 0 Å². The first-order chi connectivity index (χ1) is 10.2. The van der Waals surface area contributed by atoms with Crippen LogP contribution in [-0.4, -0.2) is 61.0 Å². The van der Waals surface area contributed by atoms with Crippen LogP contribution >= 0.6 is 0 Å². The SMILES string of the molecule is Nc1cccc2c1C(=O)N(CCCN1CCOCC1)C2=O. The molecule has 1 fully saturated rings. The number of hydrogen-bond acceptors (Lipinski definition) is 5. The van der Waals surface area contributed by atoms with E-state index in [1.165, 1.54) is 4.90 Å². The first-order valence-corrected chi connectivity index (χ1v) is 7.23. The number of nitrogens with zero attached hydrogens (tertiary/aromatic N) is 2. The molecule has 6 heteroatoms. The number of carbonyl (C=O) groups excluding carboxylic acids is 2. The molecule has 112 valence electrons. The topological polar surface area (TPSA) is 75.9 Å². The van der Waals surface area contributed by atoms with Crippen molar-refractivity contribution in [3.63, 3.8) is 0 Å². The van der Waals surface area contributed by atoms with E-state index < -0.39 is 0 Å². The number of imide groups is 1. The van der Waals surface area contributed by atoms with E-state index in [4.69, 9.17) is 10.5 Å². The fourth-order valence-electron chi connectivity index (χ4n) is 2.84. The molecule has 1 aromatic rings. The van der Waals surface area contributed by atoms with Crippen molar-refractivity contribution in [3.05, 3.63) is 29.3 Å². The summed E-state index contributed by atoms with van der Waals surface area (Å²) in [6.07, 6.45) is 0.769. The molecule has 1 aromatic carbocycles. The highest BCUT2D eigenvalue weighted by atomic mass is 16.5. The second-order valence-corrected chi connectivity index (χ2v) is 5.34. The minimum absolute atomic E-state index is 0.232. The summed E-state index contributed by atoms with van der Waals surface area (Å²) in [5.74, 6) is -0.501. The Morgan fingerprint density at radius 3 is 2.57 bits per heavy atom. The molecule has 0 saturated carbocycles. The Bertz CT molecular complexity index is 567. The van der Waals surface area contributed by atoms with Crippen LogP contribution in [0.25, 0.3) is 0 Å². The van der Waals surface area contributed by atoms with Crippen molar-refractivity contribution in [2.75, 3.05) is 45.1 Å². The molecule has 0 aromatic heterocycles. The van der Waals surface area contributed by atoms with Crippen molar-refractivity contribution in [1.82, 2.24) is 9.80 Å². The third kappa shape index (κ3) is 2.64. The molecule has 3 rings (SSSR count). The van der Waals surface area contributed by atoms with Crippen molar-refractivity contribution in [2.45, 2.75) is 6.42 Å². The van der Waals surface area contributed by atoms with Crippen LogP contribution in [0.5, 0.6) is 0 Å². The minimum atomic E-state index is -0.268. The van der Waals surface area contributed by atoms with Crippen molar-refractivity contribution in [2.24, 2.45) is 0 Å². The van der Waals surface area contributed by atoms with Crippen LogP contribution in [-0.2, 0) is 4.74 Å². The third-order valence-electron chi connectivity index (χ3n) is 3.99. The Morgan fingerprint density at radius 1 is 1.10 bits per heavy atom. The lowest BCUT2D eigenvalue weighted by Crippen LogP contribution is -2.39. The highest BCUT2D eigenvalue weighted by Crippen LogP contribution is 2.27. The van der Waals surface area contributed by atoms with E-state index in [1.54, 1.807) is 18.2 Å². The van der Waals surface area contributed by atoms with E-state index in [1.807, 2.05) is 0 Å². The van der Waals surface area contributed by atoms with Gasteiger partial charge in [-0.1, -0.05) is 6.07 Å². The van der Waals surface area contributed by atoms with Gasteiger partial charge in [-0.2, -0.15) is 0 Å². The molecular weight excluding hydrogens is 270 g/mol. The van der Waals surface area contributed by atoms with Gasteiger partial charge in [0.15, 0.2) is 0 Å². The average molecular weight is 289 g/mol. The van der Waals surface area contributed by atoms with Crippen LogP contribution < -0.4 is 5.73 Å². The van der Waals surface area contributed by atoms with E-state index in [2.05, 4.69) is 4.90 Å².